The van der Waals surface area contributed by atoms with Crippen molar-refractivity contribution >= 4 is 0 Å². The number of hydrogen-bond acceptors (Lipinski definition) is 3. The second-order valence-electron chi connectivity index (χ2n) is 5.47. The maximum atomic E-state index is 13.6. The van der Waals surface area contributed by atoms with E-state index in [9.17, 15) is 13.2 Å². The van der Waals surface area contributed by atoms with Gasteiger partial charge in [-0.25, -0.2) is 4.39 Å². The second kappa shape index (κ2) is 4.93. The van der Waals surface area contributed by atoms with Crippen molar-refractivity contribution in [3.05, 3.63) is 29.6 Å². The summed E-state index contributed by atoms with van der Waals surface area (Å²) in [6.45, 7) is 4.14. The lowest BCUT2D eigenvalue weighted by Gasteiger charge is -2.26. The highest BCUT2D eigenvalue weighted by Crippen LogP contribution is 2.43. The van der Waals surface area contributed by atoms with Crippen LogP contribution in [0.1, 0.15) is 33.3 Å². The third-order valence-corrected chi connectivity index (χ3v) is 3.46. The van der Waals surface area contributed by atoms with Gasteiger partial charge in [0, 0.05) is 11.6 Å². The first-order valence-electron chi connectivity index (χ1n) is 6.26. The van der Waals surface area contributed by atoms with Gasteiger partial charge in [-0.15, -0.1) is 0 Å². The maximum Gasteiger partial charge on any atom is 0.387 e. The van der Waals surface area contributed by atoms with Gasteiger partial charge in [-0.3, -0.25) is 0 Å². The Morgan fingerprint density at radius 1 is 1.20 bits per heavy atom. The molecule has 0 radical (unpaired) electrons. The number of ether oxygens (including phenoxy) is 3. The second-order valence-corrected chi connectivity index (χ2v) is 5.47. The third-order valence-electron chi connectivity index (χ3n) is 3.46. The molecule has 1 saturated heterocycles. The number of halogens is 3. The van der Waals surface area contributed by atoms with E-state index >= 15 is 0 Å². The Hall–Kier alpha value is -1.27. The molecule has 1 aliphatic heterocycles. The van der Waals surface area contributed by atoms with Gasteiger partial charge in [-0.1, -0.05) is 0 Å². The molecule has 2 atom stereocenters. The molecule has 1 aromatic rings. The SMILES string of the molecule is CC1OC(C)(c2cc(F)cc(OC(F)F)c2)OC1(C)C. The fourth-order valence-electron chi connectivity index (χ4n) is 2.21. The van der Waals surface area contributed by atoms with Gasteiger partial charge < -0.3 is 14.2 Å². The standard InChI is InChI=1S/C14H17F3O3/c1-8-13(2,3)20-14(4,19-8)9-5-10(15)7-11(6-9)18-12(16)17/h5-8,12H,1-4H3. The van der Waals surface area contributed by atoms with Crippen LogP contribution in [0.4, 0.5) is 13.2 Å². The zero-order valence-electron chi connectivity index (χ0n) is 11.7. The summed E-state index contributed by atoms with van der Waals surface area (Å²) >= 11 is 0. The van der Waals surface area contributed by atoms with Gasteiger partial charge in [0.25, 0.3) is 0 Å². The maximum absolute atomic E-state index is 13.6. The summed E-state index contributed by atoms with van der Waals surface area (Å²) in [5, 5.41) is 0. The Bertz CT molecular complexity index is 504. The van der Waals surface area contributed by atoms with Gasteiger partial charge in [0.05, 0.1) is 11.7 Å². The molecule has 0 saturated carbocycles. The molecule has 1 aromatic carbocycles. The van der Waals surface area contributed by atoms with Crippen molar-refractivity contribution in [1.29, 1.82) is 0 Å². The minimum Gasteiger partial charge on any atom is -0.435 e. The summed E-state index contributed by atoms with van der Waals surface area (Å²) in [4.78, 5) is 0. The minimum absolute atomic E-state index is 0.227. The van der Waals surface area contributed by atoms with Crippen LogP contribution in [0.5, 0.6) is 5.75 Å². The van der Waals surface area contributed by atoms with E-state index in [-0.39, 0.29) is 11.9 Å². The molecule has 2 rings (SSSR count). The molecule has 0 spiro atoms. The predicted octanol–water partition coefficient (Wildman–Crippen LogP) is 3.81. The van der Waals surface area contributed by atoms with Crippen LogP contribution in [0.25, 0.3) is 0 Å². The molecule has 0 N–H and O–H groups in total. The normalized spacial score (nSPS) is 28.9. The van der Waals surface area contributed by atoms with E-state index in [4.69, 9.17) is 9.47 Å². The van der Waals surface area contributed by atoms with Crippen LogP contribution >= 0.6 is 0 Å². The Morgan fingerprint density at radius 3 is 2.35 bits per heavy atom. The van der Waals surface area contributed by atoms with E-state index in [1.165, 1.54) is 12.1 Å². The zero-order valence-corrected chi connectivity index (χ0v) is 11.7. The van der Waals surface area contributed by atoms with Crippen molar-refractivity contribution < 1.29 is 27.4 Å². The lowest BCUT2D eigenvalue weighted by Crippen LogP contribution is -2.31. The molecule has 2 unspecified atom stereocenters. The molecule has 0 amide bonds. The molecule has 0 aliphatic carbocycles. The first-order valence-corrected chi connectivity index (χ1v) is 6.26. The average molecular weight is 290 g/mol. The van der Waals surface area contributed by atoms with E-state index < -0.39 is 23.8 Å². The van der Waals surface area contributed by atoms with Crippen LogP contribution in [-0.2, 0) is 15.3 Å². The molecule has 0 aromatic heterocycles. The summed E-state index contributed by atoms with van der Waals surface area (Å²) in [6.07, 6.45) is -0.227. The van der Waals surface area contributed by atoms with Gasteiger partial charge >= 0.3 is 6.61 Å². The molecule has 112 valence electrons. The monoisotopic (exact) mass is 290 g/mol. The van der Waals surface area contributed by atoms with Crippen molar-refractivity contribution in [2.24, 2.45) is 0 Å². The van der Waals surface area contributed by atoms with Gasteiger partial charge in [-0.2, -0.15) is 8.78 Å². The van der Waals surface area contributed by atoms with Crippen molar-refractivity contribution in [1.82, 2.24) is 0 Å². The molecule has 20 heavy (non-hydrogen) atoms. The van der Waals surface area contributed by atoms with Crippen LogP contribution in [-0.4, -0.2) is 18.3 Å². The van der Waals surface area contributed by atoms with Gasteiger partial charge in [0.1, 0.15) is 11.6 Å². The van der Waals surface area contributed by atoms with Crippen LogP contribution in [0.2, 0.25) is 0 Å². The lowest BCUT2D eigenvalue weighted by atomic mass is 10.0. The summed E-state index contributed by atoms with van der Waals surface area (Å²) in [6, 6.07) is 3.37. The van der Waals surface area contributed by atoms with E-state index in [1.807, 2.05) is 20.8 Å². The van der Waals surface area contributed by atoms with Crippen LogP contribution < -0.4 is 4.74 Å². The van der Waals surface area contributed by atoms with Gasteiger partial charge in [0.2, 0.25) is 0 Å². The Labute approximate surface area is 115 Å². The fraction of sp³-hybridized carbons (Fsp3) is 0.571. The lowest BCUT2D eigenvalue weighted by molar-refractivity contribution is -0.179. The van der Waals surface area contributed by atoms with Crippen LogP contribution in [0.15, 0.2) is 18.2 Å². The first kappa shape index (κ1) is 15.1. The number of rotatable bonds is 3. The molecular weight excluding hydrogens is 273 g/mol. The Balaban J connectivity index is 2.35. The highest BCUT2D eigenvalue weighted by molar-refractivity contribution is 5.32. The number of benzene rings is 1. The van der Waals surface area contributed by atoms with E-state index in [1.54, 1.807) is 6.92 Å². The Morgan fingerprint density at radius 2 is 1.85 bits per heavy atom. The van der Waals surface area contributed by atoms with Crippen molar-refractivity contribution in [2.45, 2.75) is 51.8 Å². The highest BCUT2D eigenvalue weighted by Gasteiger charge is 2.48. The Kier molecular flexibility index (Phi) is 3.73. The van der Waals surface area contributed by atoms with Gasteiger partial charge in [-0.05, 0) is 39.8 Å². The summed E-state index contributed by atoms with van der Waals surface area (Å²) in [7, 11) is 0. The van der Waals surface area contributed by atoms with E-state index in [0.29, 0.717) is 5.56 Å². The molecule has 6 heteroatoms. The first-order chi connectivity index (χ1) is 9.12. The van der Waals surface area contributed by atoms with Gasteiger partial charge in [0.15, 0.2) is 5.79 Å². The molecule has 1 fully saturated rings. The van der Waals surface area contributed by atoms with Crippen molar-refractivity contribution in [2.75, 3.05) is 0 Å². The molecule has 0 bridgehead atoms. The predicted molar refractivity (Wildman–Crippen MR) is 66.1 cm³/mol. The fourth-order valence-corrected chi connectivity index (χ4v) is 2.21. The molecular formula is C14H17F3O3. The summed E-state index contributed by atoms with van der Waals surface area (Å²) < 4.78 is 53.8. The summed E-state index contributed by atoms with van der Waals surface area (Å²) in [5.74, 6) is -2.16. The average Bonchev–Trinajstić information content (AvgIpc) is 2.46. The van der Waals surface area contributed by atoms with E-state index in [0.717, 1.165) is 6.07 Å². The third kappa shape index (κ3) is 2.91. The van der Waals surface area contributed by atoms with Crippen molar-refractivity contribution in [3.8, 4) is 5.75 Å². The van der Waals surface area contributed by atoms with Crippen LogP contribution in [0, 0.1) is 5.82 Å². The zero-order chi connectivity index (χ0) is 15.1. The van der Waals surface area contributed by atoms with Crippen molar-refractivity contribution in [3.63, 3.8) is 0 Å². The van der Waals surface area contributed by atoms with Crippen LogP contribution in [0.3, 0.4) is 0 Å². The number of alkyl halides is 2. The molecule has 1 aliphatic rings. The highest BCUT2D eigenvalue weighted by atomic mass is 19.3. The smallest absolute Gasteiger partial charge is 0.387 e. The quantitative estimate of drug-likeness (QED) is 0.847. The largest absolute Gasteiger partial charge is 0.435 e. The number of hydrogen-bond donors (Lipinski definition) is 0. The molecule has 3 nitrogen and oxygen atoms in total. The minimum atomic E-state index is -3.02. The topological polar surface area (TPSA) is 27.7 Å². The summed E-state index contributed by atoms with van der Waals surface area (Å²) in [5.41, 5.74) is -0.268. The molecule has 1 heterocycles. The van der Waals surface area contributed by atoms with E-state index in [2.05, 4.69) is 4.74 Å².